The number of piperidine rings is 1. The third-order valence-corrected chi connectivity index (χ3v) is 4.39. The first-order valence-corrected chi connectivity index (χ1v) is 8.09. The summed E-state index contributed by atoms with van der Waals surface area (Å²) in [6.45, 7) is 8.20. The van der Waals surface area contributed by atoms with E-state index < -0.39 is 0 Å². The van der Waals surface area contributed by atoms with Crippen LogP contribution in [0, 0.1) is 31.1 Å². The van der Waals surface area contributed by atoms with Crippen molar-refractivity contribution in [3.8, 4) is 6.07 Å². The van der Waals surface area contributed by atoms with E-state index in [0.29, 0.717) is 23.9 Å². The van der Waals surface area contributed by atoms with Gasteiger partial charge in [0, 0.05) is 25.4 Å². The second-order valence-corrected chi connectivity index (χ2v) is 6.17. The molecule has 5 heteroatoms. The zero-order chi connectivity index (χ0) is 15.9. The van der Waals surface area contributed by atoms with Crippen LogP contribution >= 0.6 is 0 Å². The number of aryl methyl sites for hydroxylation is 2. The molecule has 2 rings (SSSR count). The Morgan fingerprint density at radius 2 is 2.32 bits per heavy atom. The summed E-state index contributed by atoms with van der Waals surface area (Å²) >= 11 is 0. The number of hydrogen-bond acceptors (Lipinski definition) is 5. The van der Waals surface area contributed by atoms with Crippen molar-refractivity contribution in [2.75, 3.05) is 38.1 Å². The van der Waals surface area contributed by atoms with Crippen molar-refractivity contribution in [3.05, 3.63) is 22.9 Å². The number of hydrogen-bond donors (Lipinski definition) is 2. The van der Waals surface area contributed by atoms with Crippen molar-refractivity contribution in [2.24, 2.45) is 5.92 Å². The predicted molar refractivity (Wildman–Crippen MR) is 87.8 cm³/mol. The van der Waals surface area contributed by atoms with Gasteiger partial charge in [-0.05, 0) is 63.7 Å². The molecule has 0 amide bonds. The maximum atomic E-state index is 9.26. The molecule has 1 atom stereocenters. The van der Waals surface area contributed by atoms with Gasteiger partial charge in [-0.2, -0.15) is 5.26 Å². The molecule has 1 aromatic rings. The second kappa shape index (κ2) is 8.11. The summed E-state index contributed by atoms with van der Waals surface area (Å²) in [5.74, 6) is 1.13. The molecule has 1 aliphatic rings. The van der Waals surface area contributed by atoms with Crippen molar-refractivity contribution >= 4 is 5.82 Å². The molecule has 120 valence electrons. The number of nitrogens with one attached hydrogen (secondary N) is 1. The number of pyridine rings is 1. The Labute approximate surface area is 133 Å². The van der Waals surface area contributed by atoms with Crippen LogP contribution in [0.5, 0.6) is 0 Å². The number of rotatable bonds is 6. The molecule has 22 heavy (non-hydrogen) atoms. The van der Waals surface area contributed by atoms with Crippen LogP contribution in [-0.4, -0.2) is 47.8 Å². The first kappa shape index (κ1) is 16.7. The maximum absolute atomic E-state index is 9.26. The molecule has 0 saturated carbocycles. The van der Waals surface area contributed by atoms with Gasteiger partial charge in [-0.25, -0.2) is 4.98 Å². The van der Waals surface area contributed by atoms with E-state index in [-0.39, 0.29) is 0 Å². The first-order chi connectivity index (χ1) is 10.6. The Hall–Kier alpha value is -1.64. The van der Waals surface area contributed by atoms with E-state index in [2.05, 4.69) is 21.3 Å². The lowest BCUT2D eigenvalue weighted by molar-refractivity contribution is 0.120. The minimum Gasteiger partial charge on any atom is -0.396 e. The second-order valence-electron chi connectivity index (χ2n) is 6.17. The number of aliphatic hydroxyl groups excluding tert-OH is 1. The van der Waals surface area contributed by atoms with Crippen molar-refractivity contribution in [2.45, 2.75) is 33.1 Å². The molecule has 0 bridgehead atoms. The molecule has 2 N–H and O–H groups in total. The fourth-order valence-electron chi connectivity index (χ4n) is 2.94. The van der Waals surface area contributed by atoms with Crippen LogP contribution in [0.3, 0.4) is 0 Å². The zero-order valence-electron chi connectivity index (χ0n) is 13.6. The fourth-order valence-corrected chi connectivity index (χ4v) is 2.94. The molecule has 0 unspecified atom stereocenters. The quantitative estimate of drug-likeness (QED) is 0.787. The largest absolute Gasteiger partial charge is 0.396 e. The Morgan fingerprint density at radius 3 is 3.05 bits per heavy atom. The van der Waals surface area contributed by atoms with Crippen LogP contribution in [0.4, 0.5) is 5.82 Å². The molecule has 0 aromatic carbocycles. The number of aliphatic hydroxyl groups is 1. The monoisotopic (exact) mass is 302 g/mol. The molecule has 1 fully saturated rings. The fraction of sp³-hybridized carbons (Fsp3) is 0.647. The van der Waals surface area contributed by atoms with Gasteiger partial charge in [0.25, 0.3) is 0 Å². The predicted octanol–water partition coefficient (Wildman–Crippen LogP) is 2.08. The molecule has 1 saturated heterocycles. The molecule has 0 aliphatic carbocycles. The number of nitrogens with zero attached hydrogens (tertiary/aromatic N) is 3. The van der Waals surface area contributed by atoms with Crippen molar-refractivity contribution in [1.82, 2.24) is 9.88 Å². The van der Waals surface area contributed by atoms with Crippen LogP contribution in [0.25, 0.3) is 0 Å². The highest BCUT2D eigenvalue weighted by molar-refractivity contribution is 5.53. The van der Waals surface area contributed by atoms with Gasteiger partial charge in [-0.3, -0.25) is 0 Å². The summed E-state index contributed by atoms with van der Waals surface area (Å²) in [6.07, 6.45) is 3.33. The topological polar surface area (TPSA) is 72.2 Å². The van der Waals surface area contributed by atoms with Crippen LogP contribution < -0.4 is 5.32 Å². The number of aromatic nitrogens is 1. The zero-order valence-corrected chi connectivity index (χ0v) is 13.6. The van der Waals surface area contributed by atoms with E-state index in [1.165, 1.54) is 6.42 Å². The van der Waals surface area contributed by atoms with Gasteiger partial charge in [0.15, 0.2) is 0 Å². The van der Waals surface area contributed by atoms with Crippen LogP contribution in [0.1, 0.15) is 36.1 Å². The van der Waals surface area contributed by atoms with E-state index in [1.807, 2.05) is 19.9 Å². The molecular formula is C17H26N4O. The Bertz CT molecular complexity index is 538. The lowest BCUT2D eigenvalue weighted by Gasteiger charge is -2.31. The van der Waals surface area contributed by atoms with E-state index in [0.717, 1.165) is 50.3 Å². The minimum atomic E-state index is 0.298. The highest BCUT2D eigenvalue weighted by atomic mass is 16.3. The average molecular weight is 302 g/mol. The van der Waals surface area contributed by atoms with Crippen LogP contribution in [-0.2, 0) is 0 Å². The lowest BCUT2D eigenvalue weighted by Crippen LogP contribution is -2.37. The van der Waals surface area contributed by atoms with Crippen LogP contribution in [0.15, 0.2) is 6.07 Å². The minimum absolute atomic E-state index is 0.298. The summed E-state index contributed by atoms with van der Waals surface area (Å²) in [5.41, 5.74) is 2.62. The molecule has 0 spiro atoms. The molecular weight excluding hydrogens is 276 g/mol. The van der Waals surface area contributed by atoms with Gasteiger partial charge in [-0.1, -0.05) is 0 Å². The van der Waals surface area contributed by atoms with E-state index in [1.54, 1.807) is 0 Å². The summed E-state index contributed by atoms with van der Waals surface area (Å²) in [5, 5.41) is 21.7. The van der Waals surface area contributed by atoms with Gasteiger partial charge in [0.05, 0.1) is 5.56 Å². The SMILES string of the molecule is Cc1cc(C#N)c(NCCCN2CCC[C@@H](CO)C2)nc1C. The summed E-state index contributed by atoms with van der Waals surface area (Å²) in [4.78, 5) is 6.89. The van der Waals surface area contributed by atoms with Gasteiger partial charge in [-0.15, -0.1) is 0 Å². The number of likely N-dealkylation sites (tertiary alicyclic amines) is 1. The lowest BCUT2D eigenvalue weighted by atomic mass is 9.99. The van der Waals surface area contributed by atoms with Crippen molar-refractivity contribution in [3.63, 3.8) is 0 Å². The third-order valence-electron chi connectivity index (χ3n) is 4.39. The summed E-state index contributed by atoms with van der Waals surface area (Å²) in [7, 11) is 0. The highest BCUT2D eigenvalue weighted by Crippen LogP contribution is 2.17. The van der Waals surface area contributed by atoms with Gasteiger partial charge < -0.3 is 15.3 Å². The Balaban J connectivity index is 1.79. The first-order valence-electron chi connectivity index (χ1n) is 8.09. The molecule has 2 heterocycles. The smallest absolute Gasteiger partial charge is 0.144 e. The molecule has 0 radical (unpaired) electrons. The van der Waals surface area contributed by atoms with Crippen molar-refractivity contribution < 1.29 is 5.11 Å². The molecule has 5 nitrogen and oxygen atoms in total. The standard InChI is InChI=1S/C17H26N4O/c1-13-9-16(10-18)17(20-14(13)2)19-6-4-8-21-7-3-5-15(11-21)12-22/h9,15,22H,3-8,11-12H2,1-2H3,(H,19,20)/t15-/m1/s1. The molecule has 1 aromatic heterocycles. The van der Waals surface area contributed by atoms with Gasteiger partial charge in [0.2, 0.25) is 0 Å². The van der Waals surface area contributed by atoms with Crippen molar-refractivity contribution in [1.29, 1.82) is 5.26 Å². The molecule has 1 aliphatic heterocycles. The normalized spacial score (nSPS) is 18.9. The summed E-state index contributed by atoms with van der Waals surface area (Å²) < 4.78 is 0. The van der Waals surface area contributed by atoms with Gasteiger partial charge >= 0.3 is 0 Å². The Kier molecular flexibility index (Phi) is 6.17. The maximum Gasteiger partial charge on any atom is 0.144 e. The Morgan fingerprint density at radius 1 is 1.50 bits per heavy atom. The highest BCUT2D eigenvalue weighted by Gasteiger charge is 2.18. The number of nitriles is 1. The summed E-state index contributed by atoms with van der Waals surface area (Å²) in [6, 6.07) is 4.09. The average Bonchev–Trinajstić information content (AvgIpc) is 2.54. The van der Waals surface area contributed by atoms with E-state index in [4.69, 9.17) is 0 Å². The van der Waals surface area contributed by atoms with E-state index >= 15 is 0 Å². The number of anilines is 1. The van der Waals surface area contributed by atoms with Crippen LogP contribution in [0.2, 0.25) is 0 Å². The third kappa shape index (κ3) is 4.43. The van der Waals surface area contributed by atoms with Gasteiger partial charge in [0.1, 0.15) is 11.9 Å². The van der Waals surface area contributed by atoms with E-state index in [9.17, 15) is 10.4 Å².